The molecule has 0 atom stereocenters. The maximum atomic E-state index is 13.7. The van der Waals surface area contributed by atoms with Crippen molar-refractivity contribution >= 4 is 0 Å². The first-order chi connectivity index (χ1) is 8.74. The van der Waals surface area contributed by atoms with Crippen LogP contribution in [0.5, 0.6) is 17.4 Å². The number of methoxy groups -OCH3 is 1. The lowest BCUT2D eigenvalue weighted by molar-refractivity contribution is 0.273. The number of benzene rings is 1. The number of aliphatic hydroxyl groups is 1. The normalized spacial score (nSPS) is 10.2. The van der Waals surface area contributed by atoms with Crippen LogP contribution in [0.4, 0.5) is 4.39 Å². The molecule has 0 saturated carbocycles. The van der Waals surface area contributed by atoms with E-state index in [-0.39, 0.29) is 11.4 Å². The minimum atomic E-state index is -0.657. The molecular formula is C13H12FNO3. The van der Waals surface area contributed by atoms with Crippen LogP contribution in [0.1, 0.15) is 5.56 Å². The SMILES string of the molecule is COc1ccc(Oc2nccc(CO)c2F)cc1. The van der Waals surface area contributed by atoms with Gasteiger partial charge in [-0.2, -0.15) is 0 Å². The van der Waals surface area contributed by atoms with Crippen LogP contribution in [0, 0.1) is 5.82 Å². The van der Waals surface area contributed by atoms with Crippen molar-refractivity contribution in [2.45, 2.75) is 6.61 Å². The van der Waals surface area contributed by atoms with E-state index in [9.17, 15) is 4.39 Å². The van der Waals surface area contributed by atoms with Crippen LogP contribution < -0.4 is 9.47 Å². The summed E-state index contributed by atoms with van der Waals surface area (Å²) in [4.78, 5) is 3.79. The Morgan fingerprint density at radius 2 is 1.83 bits per heavy atom. The predicted octanol–water partition coefficient (Wildman–Crippen LogP) is 2.51. The van der Waals surface area contributed by atoms with Crippen LogP contribution in [0.15, 0.2) is 36.5 Å². The van der Waals surface area contributed by atoms with Crippen molar-refractivity contribution in [2.24, 2.45) is 0 Å². The molecule has 4 nitrogen and oxygen atoms in total. The van der Waals surface area contributed by atoms with Gasteiger partial charge in [0, 0.05) is 11.8 Å². The second kappa shape index (κ2) is 5.46. The van der Waals surface area contributed by atoms with Crippen molar-refractivity contribution in [2.75, 3.05) is 7.11 Å². The van der Waals surface area contributed by atoms with E-state index in [4.69, 9.17) is 14.6 Å². The Labute approximate surface area is 104 Å². The second-order valence-electron chi connectivity index (χ2n) is 3.52. The van der Waals surface area contributed by atoms with Crippen LogP contribution in [-0.4, -0.2) is 17.2 Å². The lowest BCUT2D eigenvalue weighted by Gasteiger charge is -2.08. The Balaban J connectivity index is 2.22. The highest BCUT2D eigenvalue weighted by molar-refractivity contribution is 5.34. The van der Waals surface area contributed by atoms with Crippen LogP contribution in [0.3, 0.4) is 0 Å². The van der Waals surface area contributed by atoms with Gasteiger partial charge >= 0.3 is 0 Å². The van der Waals surface area contributed by atoms with Gasteiger partial charge in [0.1, 0.15) is 11.5 Å². The molecular weight excluding hydrogens is 237 g/mol. The summed E-state index contributed by atoms with van der Waals surface area (Å²) in [6.07, 6.45) is 1.38. The summed E-state index contributed by atoms with van der Waals surface area (Å²) in [5.74, 6) is 0.305. The first-order valence-electron chi connectivity index (χ1n) is 5.30. The van der Waals surface area contributed by atoms with Gasteiger partial charge in [-0.15, -0.1) is 0 Å². The number of rotatable bonds is 4. The number of hydrogen-bond acceptors (Lipinski definition) is 4. The van der Waals surface area contributed by atoms with Gasteiger partial charge in [-0.1, -0.05) is 0 Å². The molecule has 94 valence electrons. The van der Waals surface area contributed by atoms with Crippen LogP contribution in [-0.2, 0) is 6.61 Å². The molecule has 1 N–H and O–H groups in total. The Morgan fingerprint density at radius 3 is 2.44 bits per heavy atom. The summed E-state index contributed by atoms with van der Waals surface area (Å²) in [6.45, 7) is -0.396. The molecule has 0 aliphatic carbocycles. The topological polar surface area (TPSA) is 51.6 Å². The molecule has 0 aliphatic rings. The van der Waals surface area contributed by atoms with Gasteiger partial charge in [0.05, 0.1) is 13.7 Å². The molecule has 0 unspecified atom stereocenters. The number of aromatic nitrogens is 1. The van der Waals surface area contributed by atoms with Crippen molar-refractivity contribution in [1.82, 2.24) is 4.98 Å². The van der Waals surface area contributed by atoms with Gasteiger partial charge in [-0.05, 0) is 30.3 Å². The van der Waals surface area contributed by atoms with Crippen molar-refractivity contribution in [1.29, 1.82) is 0 Å². The van der Waals surface area contributed by atoms with E-state index in [2.05, 4.69) is 4.98 Å². The predicted molar refractivity (Wildman–Crippen MR) is 63.2 cm³/mol. The maximum absolute atomic E-state index is 13.7. The zero-order valence-electron chi connectivity index (χ0n) is 9.76. The quantitative estimate of drug-likeness (QED) is 0.904. The average molecular weight is 249 g/mol. The van der Waals surface area contributed by atoms with Crippen molar-refractivity contribution in [3.63, 3.8) is 0 Å². The third-order valence-electron chi connectivity index (χ3n) is 2.38. The molecule has 0 aliphatic heterocycles. The molecule has 0 bridgehead atoms. The fourth-order valence-electron chi connectivity index (χ4n) is 1.41. The molecule has 0 fully saturated rings. The van der Waals surface area contributed by atoms with Gasteiger partial charge in [0.2, 0.25) is 0 Å². The van der Waals surface area contributed by atoms with E-state index in [1.807, 2.05) is 0 Å². The highest BCUT2D eigenvalue weighted by Crippen LogP contribution is 2.25. The van der Waals surface area contributed by atoms with Gasteiger partial charge in [-0.25, -0.2) is 9.37 Å². The fourth-order valence-corrected chi connectivity index (χ4v) is 1.41. The van der Waals surface area contributed by atoms with Crippen molar-refractivity contribution < 1.29 is 19.0 Å². The fraction of sp³-hybridized carbons (Fsp3) is 0.154. The summed E-state index contributed by atoms with van der Waals surface area (Å²) >= 11 is 0. The van der Waals surface area contributed by atoms with Gasteiger partial charge in [0.25, 0.3) is 5.88 Å². The third kappa shape index (κ3) is 2.57. The number of hydrogen-bond donors (Lipinski definition) is 1. The number of ether oxygens (including phenoxy) is 2. The number of nitrogens with zero attached hydrogens (tertiary/aromatic N) is 1. The van der Waals surface area contributed by atoms with E-state index in [1.54, 1.807) is 31.4 Å². The molecule has 5 heteroatoms. The first-order valence-corrected chi connectivity index (χ1v) is 5.30. The molecule has 18 heavy (non-hydrogen) atoms. The van der Waals surface area contributed by atoms with E-state index in [0.717, 1.165) is 0 Å². The van der Waals surface area contributed by atoms with E-state index in [0.29, 0.717) is 11.5 Å². The Bertz CT molecular complexity index is 528. The summed E-state index contributed by atoms with van der Waals surface area (Å²) in [6, 6.07) is 8.08. The largest absolute Gasteiger partial charge is 0.497 e. The lowest BCUT2D eigenvalue weighted by atomic mass is 10.2. The van der Waals surface area contributed by atoms with Crippen LogP contribution in [0.2, 0.25) is 0 Å². The highest BCUT2D eigenvalue weighted by atomic mass is 19.1. The zero-order chi connectivity index (χ0) is 13.0. The van der Waals surface area contributed by atoms with E-state index < -0.39 is 12.4 Å². The lowest BCUT2D eigenvalue weighted by Crippen LogP contribution is -1.97. The number of aliphatic hydroxyl groups excluding tert-OH is 1. The molecule has 0 radical (unpaired) electrons. The molecule has 1 heterocycles. The average Bonchev–Trinajstić information content (AvgIpc) is 2.42. The molecule has 2 rings (SSSR count). The molecule has 1 aromatic carbocycles. The Kier molecular flexibility index (Phi) is 3.74. The molecule has 0 amide bonds. The van der Waals surface area contributed by atoms with Gasteiger partial charge in [-0.3, -0.25) is 0 Å². The molecule has 0 saturated heterocycles. The van der Waals surface area contributed by atoms with Gasteiger partial charge in [0.15, 0.2) is 5.82 Å². The Morgan fingerprint density at radius 1 is 1.17 bits per heavy atom. The molecule has 1 aromatic heterocycles. The second-order valence-corrected chi connectivity index (χ2v) is 3.52. The van der Waals surface area contributed by atoms with Crippen molar-refractivity contribution in [3.8, 4) is 17.4 Å². The molecule has 0 spiro atoms. The molecule has 2 aromatic rings. The monoisotopic (exact) mass is 249 g/mol. The first kappa shape index (κ1) is 12.3. The van der Waals surface area contributed by atoms with E-state index in [1.165, 1.54) is 12.3 Å². The minimum absolute atomic E-state index is 0.147. The zero-order valence-corrected chi connectivity index (χ0v) is 9.76. The summed E-state index contributed by atoms with van der Waals surface area (Å²) in [5.41, 5.74) is 0.147. The highest BCUT2D eigenvalue weighted by Gasteiger charge is 2.10. The van der Waals surface area contributed by atoms with Gasteiger partial charge < -0.3 is 14.6 Å². The number of pyridine rings is 1. The summed E-state index contributed by atoms with van der Waals surface area (Å²) < 4.78 is 24.0. The minimum Gasteiger partial charge on any atom is -0.497 e. The number of halogens is 1. The summed E-state index contributed by atoms with van der Waals surface area (Å²) in [7, 11) is 1.56. The maximum Gasteiger partial charge on any atom is 0.256 e. The third-order valence-corrected chi connectivity index (χ3v) is 2.38. The smallest absolute Gasteiger partial charge is 0.256 e. The Hall–Kier alpha value is -2.14. The summed E-state index contributed by atoms with van der Waals surface area (Å²) in [5, 5.41) is 8.94. The van der Waals surface area contributed by atoms with E-state index >= 15 is 0 Å². The van der Waals surface area contributed by atoms with Crippen LogP contribution >= 0.6 is 0 Å². The standard InChI is InChI=1S/C13H12FNO3/c1-17-10-2-4-11(5-3-10)18-13-12(14)9(8-16)6-7-15-13/h2-7,16H,8H2,1H3. The van der Waals surface area contributed by atoms with Crippen molar-refractivity contribution in [3.05, 3.63) is 47.9 Å². The van der Waals surface area contributed by atoms with Crippen LogP contribution in [0.25, 0.3) is 0 Å².